The zero-order valence-corrected chi connectivity index (χ0v) is 25.6. The number of ether oxygens (including phenoxy) is 2. The number of alkyl halides is 3. The Morgan fingerprint density at radius 2 is 1.61 bits per heavy atom. The van der Waals surface area contributed by atoms with Gasteiger partial charge >= 0.3 is 30.0 Å². The molecule has 17 heteroatoms. The van der Waals surface area contributed by atoms with Crippen molar-refractivity contribution in [1.82, 2.24) is 25.6 Å². The number of nitrogens with one attached hydrogen (secondary N) is 5. The topological polar surface area (TPSA) is 168 Å². The van der Waals surface area contributed by atoms with E-state index in [2.05, 4.69) is 41.5 Å². The standard InChI is InChI=1S/C29H32ClF3N8O5/c1-34-22(42)23(43)35-15-3-4-21(24(44)45-2)36-19-9-11-20(12-10-19)37-25-38-26(40-27(39-25)46-16-29(31,32)33)41-28(13-14-28)17-5-7-18(30)8-6-17/h5-12,21,36H,3-4,13-16H2,1-2H3,(H,34,42)(H,35,43)(H2,37,38,39,40,41)/t21-/m0/s1. The van der Waals surface area contributed by atoms with Gasteiger partial charge in [0.15, 0.2) is 6.61 Å². The van der Waals surface area contributed by atoms with Gasteiger partial charge in [-0.3, -0.25) is 9.59 Å². The highest BCUT2D eigenvalue weighted by Crippen LogP contribution is 2.48. The summed E-state index contributed by atoms with van der Waals surface area (Å²) >= 11 is 6.02. The molecule has 0 unspecified atom stereocenters. The molecule has 2 aromatic carbocycles. The first-order chi connectivity index (χ1) is 21.9. The van der Waals surface area contributed by atoms with Crippen molar-refractivity contribution in [2.75, 3.05) is 43.3 Å². The van der Waals surface area contributed by atoms with Crippen LogP contribution in [0, 0.1) is 0 Å². The van der Waals surface area contributed by atoms with Gasteiger partial charge in [0, 0.05) is 30.0 Å². The van der Waals surface area contributed by atoms with Crippen LogP contribution in [0.1, 0.15) is 31.2 Å². The predicted octanol–water partition coefficient (Wildman–Crippen LogP) is 3.91. The van der Waals surface area contributed by atoms with Crippen LogP contribution in [0.5, 0.6) is 6.01 Å². The molecule has 0 saturated heterocycles. The van der Waals surface area contributed by atoms with Crippen molar-refractivity contribution >= 4 is 52.7 Å². The Labute approximate surface area is 267 Å². The summed E-state index contributed by atoms with van der Waals surface area (Å²) in [6, 6.07) is 12.5. The highest BCUT2D eigenvalue weighted by Gasteiger charge is 2.45. The molecule has 2 amide bonds. The molecule has 1 aliphatic rings. The van der Waals surface area contributed by atoms with Crippen molar-refractivity contribution in [3.05, 3.63) is 59.1 Å². The van der Waals surface area contributed by atoms with Gasteiger partial charge in [-0.15, -0.1) is 0 Å². The maximum atomic E-state index is 12.9. The van der Waals surface area contributed by atoms with Crippen LogP contribution < -0.4 is 31.3 Å². The second-order valence-corrected chi connectivity index (χ2v) is 10.7. The van der Waals surface area contributed by atoms with E-state index >= 15 is 0 Å². The van der Waals surface area contributed by atoms with Gasteiger partial charge in [-0.2, -0.15) is 28.1 Å². The summed E-state index contributed by atoms with van der Waals surface area (Å²) in [5.41, 5.74) is 1.45. The molecule has 0 spiro atoms. The number of esters is 1. The molecule has 46 heavy (non-hydrogen) atoms. The van der Waals surface area contributed by atoms with Gasteiger partial charge in [-0.25, -0.2) is 4.79 Å². The summed E-state index contributed by atoms with van der Waals surface area (Å²) in [6.07, 6.45) is -2.44. The number of rotatable bonds is 14. The zero-order chi connectivity index (χ0) is 33.3. The lowest BCUT2D eigenvalue weighted by Gasteiger charge is -2.19. The van der Waals surface area contributed by atoms with Gasteiger partial charge < -0.3 is 36.1 Å². The molecule has 246 valence electrons. The van der Waals surface area contributed by atoms with E-state index in [0.29, 0.717) is 29.2 Å². The number of hydrogen-bond acceptors (Lipinski definition) is 11. The van der Waals surface area contributed by atoms with Crippen molar-refractivity contribution in [3.63, 3.8) is 0 Å². The SMILES string of the molecule is CNC(=O)C(=O)NCCC[C@H](Nc1ccc(Nc2nc(NC3(c4ccc(Cl)cc4)CC3)nc(OCC(F)(F)F)n2)cc1)C(=O)OC. The number of carbonyl (C=O) groups excluding carboxylic acids is 3. The van der Waals surface area contributed by atoms with E-state index < -0.39 is 48.2 Å². The van der Waals surface area contributed by atoms with E-state index in [-0.39, 0.29) is 18.4 Å². The van der Waals surface area contributed by atoms with Gasteiger partial charge in [0.05, 0.1) is 12.6 Å². The fraction of sp³-hybridized carbons (Fsp3) is 0.379. The van der Waals surface area contributed by atoms with E-state index in [1.807, 2.05) is 12.1 Å². The molecule has 1 saturated carbocycles. The summed E-state index contributed by atoms with van der Waals surface area (Å²) in [5.74, 6) is -2.11. The first-order valence-electron chi connectivity index (χ1n) is 14.1. The third kappa shape index (κ3) is 9.82. The number of nitrogens with zero attached hydrogens (tertiary/aromatic N) is 3. The number of halogens is 4. The molecule has 1 heterocycles. The predicted molar refractivity (Wildman–Crippen MR) is 163 cm³/mol. The summed E-state index contributed by atoms with van der Waals surface area (Å²) in [6.45, 7) is -1.41. The molecular weight excluding hydrogens is 633 g/mol. The highest BCUT2D eigenvalue weighted by atomic mass is 35.5. The number of likely N-dealkylation sites (N-methyl/N-ethyl adjacent to an activating group) is 1. The minimum Gasteiger partial charge on any atom is -0.467 e. The van der Waals surface area contributed by atoms with Crippen LogP contribution in [0.25, 0.3) is 0 Å². The van der Waals surface area contributed by atoms with Crippen LogP contribution in [-0.4, -0.2) is 72.3 Å². The number of hydrogen-bond donors (Lipinski definition) is 5. The van der Waals surface area contributed by atoms with Crippen molar-refractivity contribution in [3.8, 4) is 6.01 Å². The maximum Gasteiger partial charge on any atom is 0.422 e. The summed E-state index contributed by atoms with van der Waals surface area (Å²) in [4.78, 5) is 47.6. The van der Waals surface area contributed by atoms with E-state index in [1.165, 1.54) is 14.2 Å². The molecule has 1 aliphatic carbocycles. The molecule has 0 aliphatic heterocycles. The molecule has 1 fully saturated rings. The highest BCUT2D eigenvalue weighted by molar-refractivity contribution is 6.35. The fourth-order valence-corrected chi connectivity index (χ4v) is 4.47. The number of methoxy groups -OCH3 is 1. The van der Waals surface area contributed by atoms with Gasteiger partial charge in [0.1, 0.15) is 6.04 Å². The Kier molecular flexibility index (Phi) is 11.1. The van der Waals surface area contributed by atoms with E-state index in [0.717, 1.165) is 18.4 Å². The molecule has 13 nitrogen and oxygen atoms in total. The molecule has 4 rings (SSSR count). The summed E-state index contributed by atoms with van der Waals surface area (Å²) < 4.78 is 48.4. The van der Waals surface area contributed by atoms with Gasteiger partial charge in [0.2, 0.25) is 11.9 Å². The number of carbonyl (C=O) groups is 3. The number of aromatic nitrogens is 3. The molecular formula is C29H32ClF3N8O5. The van der Waals surface area contributed by atoms with E-state index in [4.69, 9.17) is 21.1 Å². The average molecular weight is 665 g/mol. The first-order valence-corrected chi connectivity index (χ1v) is 14.5. The molecule has 0 radical (unpaired) electrons. The van der Waals surface area contributed by atoms with Crippen LogP contribution in [0.2, 0.25) is 5.02 Å². The first kappa shape index (κ1) is 34.0. The smallest absolute Gasteiger partial charge is 0.422 e. The van der Waals surface area contributed by atoms with Crippen molar-refractivity contribution in [1.29, 1.82) is 0 Å². The number of anilines is 4. The molecule has 1 atom stereocenters. The summed E-state index contributed by atoms with van der Waals surface area (Å²) in [7, 11) is 2.60. The third-order valence-corrected chi connectivity index (χ3v) is 7.09. The Bertz CT molecular complexity index is 1520. The minimum absolute atomic E-state index is 0.0212. The Morgan fingerprint density at radius 3 is 2.22 bits per heavy atom. The summed E-state index contributed by atoms with van der Waals surface area (Å²) in [5, 5.41) is 14.5. The second kappa shape index (κ2) is 14.9. The van der Waals surface area contributed by atoms with Crippen molar-refractivity contribution < 1.29 is 37.0 Å². The van der Waals surface area contributed by atoms with Crippen LogP contribution >= 0.6 is 11.6 Å². The van der Waals surface area contributed by atoms with Crippen LogP contribution in [0.3, 0.4) is 0 Å². The normalized spacial score (nSPS) is 14.0. The minimum atomic E-state index is -4.60. The Balaban J connectivity index is 1.44. The lowest BCUT2D eigenvalue weighted by atomic mass is 10.1. The molecule has 1 aromatic heterocycles. The third-order valence-electron chi connectivity index (χ3n) is 6.83. The molecule has 5 N–H and O–H groups in total. The Hall–Kier alpha value is -4.86. The molecule has 0 bridgehead atoms. The van der Waals surface area contributed by atoms with Crippen LogP contribution in [-0.2, 0) is 24.7 Å². The van der Waals surface area contributed by atoms with Crippen LogP contribution in [0.15, 0.2) is 48.5 Å². The lowest BCUT2D eigenvalue weighted by molar-refractivity contribution is -0.154. The molecule has 3 aromatic rings. The van der Waals surface area contributed by atoms with Crippen molar-refractivity contribution in [2.24, 2.45) is 0 Å². The maximum absolute atomic E-state index is 12.9. The number of benzene rings is 2. The van der Waals surface area contributed by atoms with Crippen molar-refractivity contribution in [2.45, 2.75) is 43.4 Å². The largest absolute Gasteiger partial charge is 0.467 e. The van der Waals surface area contributed by atoms with Crippen LogP contribution in [0.4, 0.5) is 36.4 Å². The quantitative estimate of drug-likeness (QED) is 0.0963. The van der Waals surface area contributed by atoms with Gasteiger partial charge in [-0.1, -0.05) is 23.7 Å². The number of amides is 2. The average Bonchev–Trinajstić information content (AvgIpc) is 3.81. The van der Waals surface area contributed by atoms with E-state index in [1.54, 1.807) is 36.4 Å². The monoisotopic (exact) mass is 664 g/mol. The van der Waals surface area contributed by atoms with Gasteiger partial charge in [-0.05, 0) is 67.6 Å². The second-order valence-electron chi connectivity index (χ2n) is 10.3. The lowest BCUT2D eigenvalue weighted by Crippen LogP contribution is -2.39. The zero-order valence-electron chi connectivity index (χ0n) is 24.8. The fourth-order valence-electron chi connectivity index (χ4n) is 4.35. The van der Waals surface area contributed by atoms with Gasteiger partial charge in [0.25, 0.3) is 0 Å². The van der Waals surface area contributed by atoms with E-state index in [9.17, 15) is 27.6 Å². The Morgan fingerprint density at radius 1 is 0.957 bits per heavy atom.